The summed E-state index contributed by atoms with van der Waals surface area (Å²) >= 11 is 0. The van der Waals surface area contributed by atoms with E-state index in [2.05, 4.69) is 49.4 Å². The highest BCUT2D eigenvalue weighted by atomic mass is 35.5. The van der Waals surface area contributed by atoms with Crippen LogP contribution in [-0.2, 0) is 0 Å². The van der Waals surface area contributed by atoms with Crippen LogP contribution in [0.25, 0.3) is 11.0 Å². The second-order valence-corrected chi connectivity index (χ2v) is 5.93. The molecule has 0 aromatic carbocycles. The van der Waals surface area contributed by atoms with Crippen LogP contribution >= 0.6 is 12.4 Å². The molecule has 9 nitrogen and oxygen atoms in total. The number of nitrogens with zero attached hydrogens (tertiary/aromatic N) is 5. The molecule has 0 bridgehead atoms. The smallest absolute Gasteiger partial charge is 0.228 e. The van der Waals surface area contributed by atoms with E-state index >= 15 is 0 Å². The maximum atomic E-state index is 9.80. The van der Waals surface area contributed by atoms with Gasteiger partial charge in [-0.1, -0.05) is 13.0 Å². The van der Waals surface area contributed by atoms with Gasteiger partial charge in [-0.3, -0.25) is 0 Å². The van der Waals surface area contributed by atoms with Gasteiger partial charge in [-0.2, -0.15) is 9.97 Å². The van der Waals surface area contributed by atoms with Crippen molar-refractivity contribution < 1.29 is 5.11 Å². The number of hydrogen-bond acceptors (Lipinski definition) is 9. The van der Waals surface area contributed by atoms with E-state index in [4.69, 9.17) is 0 Å². The Balaban J connectivity index is 0.00000364. The van der Waals surface area contributed by atoms with Crippen LogP contribution in [0, 0.1) is 0 Å². The van der Waals surface area contributed by atoms with E-state index in [-0.39, 0.29) is 12.4 Å². The van der Waals surface area contributed by atoms with Crippen molar-refractivity contribution in [3.8, 4) is 0 Å². The van der Waals surface area contributed by atoms with Crippen LogP contribution < -0.4 is 20.9 Å². The second kappa shape index (κ2) is 10.7. The van der Waals surface area contributed by atoms with Gasteiger partial charge in [0.25, 0.3) is 0 Å². The highest BCUT2D eigenvalue weighted by Gasteiger charge is 2.18. The summed E-state index contributed by atoms with van der Waals surface area (Å²) in [6.45, 7) is 9.28. The van der Waals surface area contributed by atoms with Gasteiger partial charge in [0.15, 0.2) is 11.6 Å². The zero-order valence-electron chi connectivity index (χ0n) is 16.3. The van der Waals surface area contributed by atoms with Gasteiger partial charge < -0.3 is 26.0 Å². The molecule has 0 aliphatic rings. The van der Waals surface area contributed by atoms with Crippen molar-refractivity contribution in [2.24, 2.45) is 0 Å². The maximum absolute atomic E-state index is 9.80. The van der Waals surface area contributed by atoms with Crippen LogP contribution in [-0.4, -0.2) is 64.9 Å². The van der Waals surface area contributed by atoms with Crippen LogP contribution in [0.3, 0.4) is 0 Å². The van der Waals surface area contributed by atoms with E-state index in [1.54, 1.807) is 27.1 Å². The molecule has 4 N–H and O–H groups in total. The van der Waals surface area contributed by atoms with Crippen molar-refractivity contribution >= 4 is 47.0 Å². The normalized spacial score (nSPS) is 11.4. The summed E-state index contributed by atoms with van der Waals surface area (Å²) in [5.74, 6) is 2.23. The fourth-order valence-electron chi connectivity index (χ4n) is 2.60. The van der Waals surface area contributed by atoms with E-state index in [1.165, 1.54) is 0 Å². The average molecular weight is 397 g/mol. The molecule has 10 heteroatoms. The first-order chi connectivity index (χ1) is 12.5. The number of halogens is 1. The van der Waals surface area contributed by atoms with Crippen molar-refractivity contribution in [3.05, 3.63) is 12.7 Å². The van der Waals surface area contributed by atoms with Gasteiger partial charge in [-0.05, 0) is 13.3 Å². The summed E-state index contributed by atoms with van der Waals surface area (Å²) in [5.41, 5.74) is 1.24. The highest BCUT2D eigenvalue weighted by Crippen LogP contribution is 2.27. The molecule has 0 saturated carbocycles. The number of aliphatic hydroxyl groups is 1. The number of aliphatic hydroxyl groups excluding tert-OH is 1. The molecule has 0 aliphatic heterocycles. The van der Waals surface area contributed by atoms with E-state index in [1.807, 2.05) is 4.90 Å². The Morgan fingerprint density at radius 3 is 2.30 bits per heavy atom. The first-order valence-corrected chi connectivity index (χ1v) is 8.77. The molecular weight excluding hydrogens is 368 g/mol. The number of fused-ring (bicyclic) bond motifs is 1. The molecule has 0 fully saturated rings. The third kappa shape index (κ3) is 5.54. The summed E-state index contributed by atoms with van der Waals surface area (Å²) in [7, 11) is 3.59. The molecule has 0 saturated heterocycles. The van der Waals surface area contributed by atoms with Gasteiger partial charge in [0.05, 0.1) is 6.10 Å². The summed E-state index contributed by atoms with van der Waals surface area (Å²) < 4.78 is 0. The Bertz CT molecular complexity index is 755. The quantitative estimate of drug-likeness (QED) is 0.448. The van der Waals surface area contributed by atoms with Gasteiger partial charge in [0.2, 0.25) is 11.9 Å². The summed E-state index contributed by atoms with van der Waals surface area (Å²) in [6, 6.07) is 0. The fourth-order valence-corrected chi connectivity index (χ4v) is 2.60. The summed E-state index contributed by atoms with van der Waals surface area (Å²) in [4.78, 5) is 20.3. The topological polar surface area (TPSA) is 111 Å². The Morgan fingerprint density at radius 2 is 1.74 bits per heavy atom. The third-order valence-corrected chi connectivity index (χ3v) is 3.67. The van der Waals surface area contributed by atoms with Gasteiger partial charge in [0, 0.05) is 33.7 Å². The molecule has 150 valence electrons. The lowest BCUT2D eigenvalue weighted by atomic mass is 10.3. The number of rotatable bonds is 10. The standard InChI is InChI=1S/C17H28N8O.ClH/c1-6-8-20-16-21-12-13(14(18-4)23-16)22-17(24-15(12)19-5)25(9-7-2)10-11(3)26;/h6,11,26H,1,7-10H2,2-5H3,(H,19,22,24)(H2,18,20,21,23);1H/t11-;/m0./s1. The Hall–Kier alpha value is -2.39. The average Bonchev–Trinajstić information content (AvgIpc) is 2.64. The summed E-state index contributed by atoms with van der Waals surface area (Å²) in [6.07, 6.45) is 2.18. The van der Waals surface area contributed by atoms with E-state index < -0.39 is 6.10 Å². The molecule has 2 aromatic heterocycles. The lowest BCUT2D eigenvalue weighted by Gasteiger charge is -2.24. The van der Waals surface area contributed by atoms with Gasteiger partial charge in [-0.15, -0.1) is 19.0 Å². The van der Waals surface area contributed by atoms with Gasteiger partial charge >= 0.3 is 0 Å². The lowest BCUT2D eigenvalue weighted by molar-refractivity contribution is 0.199. The van der Waals surface area contributed by atoms with Crippen LogP contribution in [0.1, 0.15) is 20.3 Å². The molecular formula is C17H29ClN8O. The zero-order valence-corrected chi connectivity index (χ0v) is 17.1. The molecule has 0 unspecified atom stereocenters. The van der Waals surface area contributed by atoms with Crippen molar-refractivity contribution in [2.45, 2.75) is 26.4 Å². The monoisotopic (exact) mass is 396 g/mol. The van der Waals surface area contributed by atoms with Crippen molar-refractivity contribution in [2.75, 3.05) is 54.6 Å². The molecule has 0 amide bonds. The van der Waals surface area contributed by atoms with Crippen LogP contribution in [0.5, 0.6) is 0 Å². The molecule has 27 heavy (non-hydrogen) atoms. The Morgan fingerprint density at radius 1 is 1.11 bits per heavy atom. The van der Waals surface area contributed by atoms with E-state index in [9.17, 15) is 5.11 Å². The summed E-state index contributed by atoms with van der Waals surface area (Å²) in [5, 5.41) is 19.1. The second-order valence-electron chi connectivity index (χ2n) is 5.93. The molecule has 0 radical (unpaired) electrons. The van der Waals surface area contributed by atoms with Gasteiger partial charge in [-0.25, -0.2) is 9.97 Å². The van der Waals surface area contributed by atoms with Crippen molar-refractivity contribution in [1.82, 2.24) is 19.9 Å². The molecule has 2 heterocycles. The van der Waals surface area contributed by atoms with Crippen molar-refractivity contribution in [1.29, 1.82) is 0 Å². The zero-order chi connectivity index (χ0) is 19.1. The minimum Gasteiger partial charge on any atom is -0.392 e. The predicted octanol–water partition coefficient (Wildman–Crippen LogP) is 2.12. The largest absolute Gasteiger partial charge is 0.392 e. The molecule has 0 spiro atoms. The first-order valence-electron chi connectivity index (χ1n) is 8.77. The number of hydrogen-bond donors (Lipinski definition) is 4. The minimum atomic E-state index is -0.482. The Kier molecular flexibility index (Phi) is 8.96. The Labute approximate surface area is 166 Å². The highest BCUT2D eigenvalue weighted by molar-refractivity contribution is 5.94. The van der Waals surface area contributed by atoms with Crippen molar-refractivity contribution in [3.63, 3.8) is 0 Å². The number of aromatic nitrogens is 4. The number of nitrogens with one attached hydrogen (secondary N) is 3. The van der Waals surface area contributed by atoms with E-state index in [0.29, 0.717) is 47.7 Å². The van der Waals surface area contributed by atoms with E-state index in [0.717, 1.165) is 13.0 Å². The SMILES string of the molecule is C=CCNc1nc(NC)c2nc(N(CCC)C[C@H](C)O)nc(NC)c2n1.Cl. The molecule has 0 aliphatic carbocycles. The maximum Gasteiger partial charge on any atom is 0.228 e. The van der Waals surface area contributed by atoms with Crippen LogP contribution in [0.2, 0.25) is 0 Å². The lowest BCUT2D eigenvalue weighted by Crippen LogP contribution is -2.33. The van der Waals surface area contributed by atoms with Gasteiger partial charge in [0.1, 0.15) is 11.0 Å². The van der Waals surface area contributed by atoms with Crippen LogP contribution in [0.4, 0.5) is 23.5 Å². The number of anilines is 4. The molecule has 1 atom stereocenters. The molecule has 2 aromatic rings. The first kappa shape index (κ1) is 22.7. The predicted molar refractivity (Wildman–Crippen MR) is 114 cm³/mol. The fraction of sp³-hybridized carbons (Fsp3) is 0.529. The third-order valence-electron chi connectivity index (χ3n) is 3.67. The minimum absolute atomic E-state index is 0. The molecule has 2 rings (SSSR count). The van der Waals surface area contributed by atoms with Crippen LogP contribution in [0.15, 0.2) is 12.7 Å².